The number of hydrogen-bond donors (Lipinski definition) is 0. The van der Waals surface area contributed by atoms with E-state index in [2.05, 4.69) is 146 Å². The number of fused-ring (bicyclic) bond motifs is 3. The third-order valence-electron chi connectivity index (χ3n) is 7.71. The fourth-order valence-electron chi connectivity index (χ4n) is 5.87. The third kappa shape index (κ3) is 4.01. The van der Waals surface area contributed by atoms with Gasteiger partial charge in [-0.2, -0.15) is 0 Å². The Morgan fingerprint density at radius 2 is 1.47 bits per heavy atom. The molecule has 2 heteroatoms. The van der Waals surface area contributed by atoms with Crippen LogP contribution in [0.25, 0.3) is 17.2 Å². The van der Waals surface area contributed by atoms with Crippen molar-refractivity contribution in [2.24, 2.45) is 0 Å². The number of ether oxygens (including phenoxy) is 1. The van der Waals surface area contributed by atoms with Crippen LogP contribution in [0.1, 0.15) is 44.5 Å². The quantitative estimate of drug-likeness (QED) is 0.198. The molecule has 1 atom stereocenters. The van der Waals surface area contributed by atoms with Gasteiger partial charge in [0.05, 0.1) is 5.41 Å². The molecule has 0 radical (unpaired) electrons. The van der Waals surface area contributed by atoms with E-state index >= 15 is 0 Å². The highest BCUT2D eigenvalue weighted by Crippen LogP contribution is 2.57. The number of halogens is 1. The Labute approximate surface area is 233 Å². The van der Waals surface area contributed by atoms with E-state index in [4.69, 9.17) is 4.74 Å². The molecule has 0 saturated heterocycles. The average Bonchev–Trinajstić information content (AvgIpc) is 3.24. The molecule has 0 spiro atoms. The summed E-state index contributed by atoms with van der Waals surface area (Å²) in [5, 5.41) is 0. The second-order valence-corrected chi connectivity index (χ2v) is 11.0. The smallest absolute Gasteiger partial charge is 0.119 e. The van der Waals surface area contributed by atoms with E-state index in [0.29, 0.717) is 6.61 Å². The van der Waals surface area contributed by atoms with Crippen LogP contribution in [0.4, 0.5) is 0 Å². The summed E-state index contributed by atoms with van der Waals surface area (Å²) in [4.78, 5) is 0. The van der Waals surface area contributed by atoms with Gasteiger partial charge >= 0.3 is 0 Å². The molecule has 186 valence electrons. The highest BCUT2D eigenvalue weighted by Gasteiger charge is 2.46. The number of rotatable bonds is 6. The molecule has 0 aliphatic heterocycles. The van der Waals surface area contributed by atoms with E-state index in [1.807, 2.05) is 6.08 Å². The van der Waals surface area contributed by atoms with Gasteiger partial charge in [-0.3, -0.25) is 0 Å². The van der Waals surface area contributed by atoms with E-state index in [9.17, 15) is 0 Å². The molecule has 5 aromatic carbocycles. The second-order valence-electron chi connectivity index (χ2n) is 10.1. The Kier molecular flexibility index (Phi) is 6.29. The maximum absolute atomic E-state index is 6.19. The van der Waals surface area contributed by atoms with Crippen molar-refractivity contribution in [3.05, 3.63) is 165 Å². The van der Waals surface area contributed by atoms with Crippen LogP contribution in [0.2, 0.25) is 0 Å². The molecule has 0 aromatic heterocycles. The molecule has 1 unspecified atom stereocenters. The van der Waals surface area contributed by atoms with Crippen molar-refractivity contribution in [1.82, 2.24) is 0 Å². The zero-order valence-electron chi connectivity index (χ0n) is 21.7. The molecule has 38 heavy (non-hydrogen) atoms. The molecule has 1 nitrogen and oxygen atoms in total. The molecule has 1 aliphatic rings. The first kappa shape index (κ1) is 24.5. The van der Waals surface area contributed by atoms with Gasteiger partial charge in [0, 0.05) is 4.47 Å². The summed E-state index contributed by atoms with van der Waals surface area (Å²) in [5.41, 5.74) is 12.1. The van der Waals surface area contributed by atoms with Gasteiger partial charge in [-0.25, -0.2) is 0 Å². The minimum atomic E-state index is -0.426. The molecule has 0 amide bonds. The summed E-state index contributed by atoms with van der Waals surface area (Å²) >= 11 is 3.78. The van der Waals surface area contributed by atoms with Crippen molar-refractivity contribution in [3.8, 4) is 16.9 Å². The summed E-state index contributed by atoms with van der Waals surface area (Å²) < 4.78 is 7.27. The monoisotopic (exact) mass is 556 g/mol. The summed E-state index contributed by atoms with van der Waals surface area (Å²) in [6.07, 6.45) is 1.85. The summed E-state index contributed by atoms with van der Waals surface area (Å²) in [5.74, 6) is 0.860. The van der Waals surface area contributed by atoms with Gasteiger partial charge < -0.3 is 4.74 Å². The number of hydrogen-bond acceptors (Lipinski definition) is 1. The Balaban J connectivity index is 1.49. The van der Waals surface area contributed by atoms with Crippen molar-refractivity contribution in [2.75, 3.05) is 0 Å². The first-order valence-electron chi connectivity index (χ1n) is 12.9. The molecular weight excluding hydrogens is 528 g/mol. The fourth-order valence-corrected chi connectivity index (χ4v) is 6.23. The van der Waals surface area contributed by atoms with Crippen LogP contribution in [-0.4, -0.2) is 0 Å². The average molecular weight is 558 g/mol. The van der Waals surface area contributed by atoms with Crippen LogP contribution in [0.3, 0.4) is 0 Å². The van der Waals surface area contributed by atoms with Crippen LogP contribution in [-0.2, 0) is 12.0 Å². The lowest BCUT2D eigenvalue weighted by Crippen LogP contribution is -2.29. The fraction of sp³-hybridized carbons (Fsp3) is 0.111. The van der Waals surface area contributed by atoms with Gasteiger partial charge in [-0.1, -0.05) is 119 Å². The molecule has 5 aromatic rings. The van der Waals surface area contributed by atoms with Gasteiger partial charge in [0.1, 0.15) is 12.4 Å². The zero-order valence-corrected chi connectivity index (χ0v) is 23.3. The van der Waals surface area contributed by atoms with Crippen LogP contribution in [0.5, 0.6) is 5.75 Å². The Bertz CT molecular complexity index is 1650. The lowest BCUT2D eigenvalue weighted by atomic mass is 9.66. The van der Waals surface area contributed by atoms with Crippen molar-refractivity contribution in [1.29, 1.82) is 0 Å². The van der Waals surface area contributed by atoms with Crippen LogP contribution in [0.15, 0.2) is 120 Å². The normalized spacial score (nSPS) is 15.6. The second kappa shape index (κ2) is 9.78. The zero-order chi connectivity index (χ0) is 26.3. The minimum absolute atomic E-state index is 0.426. The van der Waals surface area contributed by atoms with Crippen molar-refractivity contribution in [3.63, 3.8) is 0 Å². The SMILES string of the molecule is C=Cc1ccc(COc2ccc(C3(c4cc(C)ccc4C)c4ccccc4-c4ccc(Br)cc43)cc2)cc1. The lowest BCUT2D eigenvalue weighted by molar-refractivity contribution is 0.306. The molecule has 0 bridgehead atoms. The first-order valence-corrected chi connectivity index (χ1v) is 13.7. The van der Waals surface area contributed by atoms with Gasteiger partial charge in [-0.05, 0) is 88.2 Å². The Hall–Kier alpha value is -3.88. The lowest BCUT2D eigenvalue weighted by Gasteiger charge is -2.35. The van der Waals surface area contributed by atoms with Gasteiger partial charge in [0.15, 0.2) is 0 Å². The largest absolute Gasteiger partial charge is 0.489 e. The Morgan fingerprint density at radius 1 is 0.737 bits per heavy atom. The van der Waals surface area contributed by atoms with Crippen molar-refractivity contribution in [2.45, 2.75) is 25.9 Å². The molecule has 0 fully saturated rings. The van der Waals surface area contributed by atoms with E-state index in [0.717, 1.165) is 21.3 Å². The highest BCUT2D eigenvalue weighted by molar-refractivity contribution is 9.10. The van der Waals surface area contributed by atoms with Crippen LogP contribution < -0.4 is 4.74 Å². The standard InChI is InChI=1S/C36H29BrO/c1-4-26-11-13-27(14-12-26)23-38-30-18-15-28(16-19-30)36(34-21-24(2)9-10-25(34)3)33-8-6-5-7-31(33)32-20-17-29(37)22-35(32)36/h4-22H,1,23H2,2-3H3. The van der Waals surface area contributed by atoms with E-state index in [1.54, 1.807) is 0 Å². The number of benzene rings is 5. The van der Waals surface area contributed by atoms with Crippen LogP contribution in [0, 0.1) is 13.8 Å². The predicted octanol–water partition coefficient (Wildman–Crippen LogP) is 9.65. The van der Waals surface area contributed by atoms with Crippen LogP contribution >= 0.6 is 15.9 Å². The topological polar surface area (TPSA) is 9.23 Å². The summed E-state index contributed by atoms with van der Waals surface area (Å²) in [6, 6.07) is 39.4. The predicted molar refractivity (Wildman–Crippen MR) is 162 cm³/mol. The molecule has 6 rings (SSSR count). The number of aryl methyl sites for hydroxylation is 2. The third-order valence-corrected chi connectivity index (χ3v) is 8.21. The maximum Gasteiger partial charge on any atom is 0.119 e. The van der Waals surface area contributed by atoms with Crippen molar-refractivity contribution < 1.29 is 4.74 Å². The van der Waals surface area contributed by atoms with Gasteiger partial charge in [0.25, 0.3) is 0 Å². The summed E-state index contributed by atoms with van der Waals surface area (Å²) in [7, 11) is 0. The highest BCUT2D eigenvalue weighted by atomic mass is 79.9. The van der Waals surface area contributed by atoms with E-state index in [1.165, 1.54) is 44.5 Å². The first-order chi connectivity index (χ1) is 18.5. The van der Waals surface area contributed by atoms with Gasteiger partial charge in [0.2, 0.25) is 0 Å². The summed E-state index contributed by atoms with van der Waals surface area (Å²) in [6.45, 7) is 8.76. The van der Waals surface area contributed by atoms with Crippen molar-refractivity contribution >= 4 is 22.0 Å². The minimum Gasteiger partial charge on any atom is -0.489 e. The molecule has 0 N–H and O–H groups in total. The molecule has 0 saturated carbocycles. The maximum atomic E-state index is 6.19. The molecule has 0 heterocycles. The van der Waals surface area contributed by atoms with E-state index in [-0.39, 0.29) is 0 Å². The Morgan fingerprint density at radius 3 is 2.24 bits per heavy atom. The van der Waals surface area contributed by atoms with E-state index < -0.39 is 5.41 Å². The molecule has 1 aliphatic carbocycles. The molecular formula is C36H29BrO. The van der Waals surface area contributed by atoms with Gasteiger partial charge in [-0.15, -0.1) is 0 Å².